The predicted octanol–water partition coefficient (Wildman–Crippen LogP) is 3.40. The Morgan fingerprint density at radius 2 is 1.43 bits per heavy atom. The third-order valence-corrected chi connectivity index (χ3v) is 4.82. The van der Waals surface area contributed by atoms with Crippen LogP contribution in [0.2, 0.25) is 0 Å². The van der Waals surface area contributed by atoms with Crippen LogP contribution in [-0.2, 0) is 8.85 Å². The Labute approximate surface area is 131 Å². The van der Waals surface area contributed by atoms with Gasteiger partial charge in [-0.3, -0.25) is 0 Å². The van der Waals surface area contributed by atoms with E-state index in [9.17, 15) is 26.7 Å². The van der Waals surface area contributed by atoms with Crippen molar-refractivity contribution in [1.29, 1.82) is 0 Å². The van der Waals surface area contributed by atoms with Gasteiger partial charge in [-0.15, -0.1) is 0 Å². The molecular formula is C13H17F5O4Si. The van der Waals surface area contributed by atoms with Crippen molar-refractivity contribution < 1.29 is 40.3 Å². The van der Waals surface area contributed by atoms with Crippen LogP contribution in [0.25, 0.3) is 0 Å². The lowest BCUT2D eigenvalue weighted by Crippen LogP contribution is -2.63. The number of alkyl halides is 2. The molecule has 0 aliphatic rings. The van der Waals surface area contributed by atoms with Gasteiger partial charge in [-0.1, -0.05) is 0 Å². The Balaban J connectivity index is 3.18. The summed E-state index contributed by atoms with van der Waals surface area (Å²) >= 11 is 0. The summed E-state index contributed by atoms with van der Waals surface area (Å²) in [7, 11) is -5.28. The third kappa shape index (κ3) is 4.63. The van der Waals surface area contributed by atoms with Crippen LogP contribution in [0, 0.1) is 17.5 Å². The van der Waals surface area contributed by atoms with E-state index in [0.717, 1.165) is 0 Å². The Bertz CT molecular complexity index is 543. The lowest BCUT2D eigenvalue weighted by atomic mass is 10.3. The average molecular weight is 360 g/mol. The van der Waals surface area contributed by atoms with Gasteiger partial charge < -0.3 is 18.4 Å². The minimum atomic E-state index is -5.28. The number of rotatable bonds is 7. The first-order valence-electron chi connectivity index (χ1n) is 6.68. The molecule has 0 amide bonds. The summed E-state index contributed by atoms with van der Waals surface area (Å²) in [5, 5.41) is 0. The second kappa shape index (κ2) is 7.12. The zero-order valence-corrected chi connectivity index (χ0v) is 13.9. The molecule has 4 nitrogen and oxygen atoms in total. The fraction of sp³-hybridized carbons (Fsp3) is 0.538. The third-order valence-electron chi connectivity index (χ3n) is 2.40. The molecule has 0 radical (unpaired) electrons. The van der Waals surface area contributed by atoms with E-state index < -0.39 is 49.9 Å². The molecular weight excluding hydrogens is 343 g/mol. The quantitative estimate of drug-likeness (QED) is 0.460. The largest absolute Gasteiger partial charge is 0.625 e. The normalized spacial score (nSPS) is 13.0. The van der Waals surface area contributed by atoms with E-state index in [1.54, 1.807) is 0 Å². The SMILES string of the molecule is CC(C)O[Si](O)(OC(C)C)C(F)(F)Oc1ccc(F)c(F)c1F. The van der Waals surface area contributed by atoms with Crippen molar-refractivity contribution >= 4 is 8.80 Å². The highest BCUT2D eigenvalue weighted by Crippen LogP contribution is 2.34. The standard InChI is InChI=1S/C13H17F5O4Si/c1-7(2)21-23(19,22-8(3)4)13(17,18)20-10-6-5-9(14)11(15)12(10)16/h5-8,19H,1-4H3. The van der Waals surface area contributed by atoms with Gasteiger partial charge in [-0.2, -0.15) is 13.2 Å². The van der Waals surface area contributed by atoms with Crippen LogP contribution >= 0.6 is 0 Å². The Hall–Kier alpha value is -1.23. The summed E-state index contributed by atoms with van der Waals surface area (Å²) in [6.07, 6.45) is -1.70. The van der Waals surface area contributed by atoms with Gasteiger partial charge in [-0.05, 0) is 39.8 Å². The molecule has 0 heterocycles. The van der Waals surface area contributed by atoms with E-state index in [2.05, 4.69) is 4.74 Å². The smallest absolute Gasteiger partial charge is 0.427 e. The minimum absolute atomic E-state index is 0.414. The zero-order valence-electron chi connectivity index (χ0n) is 12.9. The van der Waals surface area contributed by atoms with Gasteiger partial charge in [0.25, 0.3) is 0 Å². The summed E-state index contributed by atoms with van der Waals surface area (Å²) in [5.74, 6) is -6.77. The average Bonchev–Trinajstić information content (AvgIpc) is 2.37. The van der Waals surface area contributed by atoms with Gasteiger partial charge in [0.2, 0.25) is 5.82 Å². The van der Waals surface area contributed by atoms with E-state index in [1.165, 1.54) is 27.7 Å². The van der Waals surface area contributed by atoms with Gasteiger partial charge in [0, 0.05) is 12.2 Å². The summed E-state index contributed by atoms with van der Waals surface area (Å²) < 4.78 is 81.6. The second-order valence-electron chi connectivity index (χ2n) is 5.21. The molecule has 0 atom stereocenters. The first kappa shape index (κ1) is 19.8. The first-order valence-corrected chi connectivity index (χ1v) is 8.44. The summed E-state index contributed by atoms with van der Waals surface area (Å²) in [6, 6.07) is 0.887. The molecule has 23 heavy (non-hydrogen) atoms. The number of benzene rings is 1. The molecule has 0 aliphatic carbocycles. The number of hydrogen-bond donors (Lipinski definition) is 1. The molecule has 0 bridgehead atoms. The monoisotopic (exact) mass is 360 g/mol. The van der Waals surface area contributed by atoms with Crippen molar-refractivity contribution in [1.82, 2.24) is 0 Å². The Morgan fingerprint density at radius 1 is 0.957 bits per heavy atom. The zero-order chi connectivity index (χ0) is 18.0. The van der Waals surface area contributed by atoms with Crippen molar-refractivity contribution in [2.75, 3.05) is 0 Å². The van der Waals surface area contributed by atoms with E-state index in [1.807, 2.05) is 0 Å². The predicted molar refractivity (Wildman–Crippen MR) is 72.3 cm³/mol. The molecule has 1 N–H and O–H groups in total. The molecule has 0 spiro atoms. The molecule has 0 aromatic heterocycles. The molecule has 0 unspecified atom stereocenters. The molecule has 10 heteroatoms. The molecule has 1 aromatic carbocycles. The van der Waals surface area contributed by atoms with Crippen LogP contribution in [0.4, 0.5) is 22.0 Å². The van der Waals surface area contributed by atoms with Gasteiger partial charge >= 0.3 is 14.5 Å². The van der Waals surface area contributed by atoms with Crippen molar-refractivity contribution in [2.24, 2.45) is 0 Å². The maximum atomic E-state index is 14.2. The van der Waals surface area contributed by atoms with Crippen LogP contribution in [0.15, 0.2) is 12.1 Å². The lowest BCUT2D eigenvalue weighted by Gasteiger charge is -2.33. The molecule has 0 fully saturated rings. The van der Waals surface area contributed by atoms with Crippen LogP contribution < -0.4 is 4.74 Å². The maximum absolute atomic E-state index is 14.2. The van der Waals surface area contributed by atoms with Crippen molar-refractivity contribution in [3.05, 3.63) is 29.6 Å². The summed E-state index contributed by atoms with van der Waals surface area (Å²) in [5.41, 5.74) is -4.48. The van der Waals surface area contributed by atoms with E-state index >= 15 is 0 Å². The number of halogens is 5. The van der Waals surface area contributed by atoms with Crippen molar-refractivity contribution in [3.63, 3.8) is 0 Å². The summed E-state index contributed by atoms with van der Waals surface area (Å²) in [4.78, 5) is 10.1. The second-order valence-corrected chi connectivity index (χ2v) is 7.42. The van der Waals surface area contributed by atoms with Crippen LogP contribution in [0.1, 0.15) is 27.7 Å². The van der Waals surface area contributed by atoms with Gasteiger partial charge in [-0.25, -0.2) is 8.78 Å². The number of hydrogen-bond acceptors (Lipinski definition) is 4. The Morgan fingerprint density at radius 3 is 1.87 bits per heavy atom. The minimum Gasteiger partial charge on any atom is -0.427 e. The highest BCUT2D eigenvalue weighted by Gasteiger charge is 2.67. The maximum Gasteiger partial charge on any atom is 0.625 e. The molecule has 1 aromatic rings. The first-order chi connectivity index (χ1) is 10.4. The van der Waals surface area contributed by atoms with Gasteiger partial charge in [0.05, 0.1) is 0 Å². The molecule has 0 aliphatic heterocycles. The summed E-state index contributed by atoms with van der Waals surface area (Å²) in [6.45, 7) is 5.48. The molecule has 1 rings (SSSR count). The van der Waals surface area contributed by atoms with E-state index in [4.69, 9.17) is 8.85 Å². The van der Waals surface area contributed by atoms with Gasteiger partial charge in [0.1, 0.15) is 0 Å². The van der Waals surface area contributed by atoms with E-state index in [0.29, 0.717) is 12.1 Å². The van der Waals surface area contributed by atoms with Crippen molar-refractivity contribution in [3.8, 4) is 5.75 Å². The van der Waals surface area contributed by atoms with E-state index in [-0.39, 0.29) is 0 Å². The fourth-order valence-corrected chi connectivity index (χ4v) is 3.44. The van der Waals surface area contributed by atoms with Crippen LogP contribution in [0.5, 0.6) is 5.75 Å². The number of ether oxygens (including phenoxy) is 1. The Kier molecular flexibility index (Phi) is 6.13. The van der Waals surface area contributed by atoms with Crippen LogP contribution in [0.3, 0.4) is 0 Å². The van der Waals surface area contributed by atoms with Crippen molar-refractivity contribution in [2.45, 2.75) is 45.6 Å². The highest BCUT2D eigenvalue weighted by molar-refractivity contribution is 6.61. The molecule has 0 saturated carbocycles. The lowest BCUT2D eigenvalue weighted by molar-refractivity contribution is -0.173. The van der Waals surface area contributed by atoms with Crippen LogP contribution in [-0.4, -0.2) is 31.5 Å². The molecule has 132 valence electrons. The molecule has 0 saturated heterocycles. The fourth-order valence-electron chi connectivity index (χ4n) is 1.59. The van der Waals surface area contributed by atoms with Gasteiger partial charge in [0.15, 0.2) is 17.4 Å². The highest BCUT2D eigenvalue weighted by atomic mass is 28.4. The topological polar surface area (TPSA) is 47.9 Å².